The van der Waals surface area contributed by atoms with Crippen molar-refractivity contribution in [3.8, 4) is 11.4 Å². The zero-order valence-corrected chi connectivity index (χ0v) is 12.3. The number of aliphatic imine (C=N–C) groups is 1. The van der Waals surface area contributed by atoms with Crippen LogP contribution in [0.5, 0.6) is 5.75 Å². The molecule has 7 heteroatoms. The maximum atomic E-state index is 12.2. The number of rotatable bonds is 3. The van der Waals surface area contributed by atoms with E-state index in [9.17, 15) is 9.90 Å². The van der Waals surface area contributed by atoms with Crippen LogP contribution in [-0.4, -0.2) is 23.8 Å². The molecule has 0 fully saturated rings. The van der Waals surface area contributed by atoms with Gasteiger partial charge in [-0.15, -0.1) is 0 Å². The van der Waals surface area contributed by atoms with E-state index in [0.717, 1.165) is 0 Å². The predicted octanol–water partition coefficient (Wildman–Crippen LogP) is 0.159. The first-order chi connectivity index (χ1) is 9.81. The highest BCUT2D eigenvalue weighted by Crippen LogP contribution is 2.11. The molecule has 0 saturated heterocycles. The molecule has 0 unspecified atom stereocenters. The number of hydrogen-bond acceptors (Lipinski definition) is 5. The quantitative estimate of drug-likeness (QED) is 0.495. The molecular weight excluding hydrogens is 274 g/mol. The molecule has 1 heterocycles. The lowest BCUT2D eigenvalue weighted by Crippen LogP contribution is -2.45. The lowest BCUT2D eigenvalue weighted by molar-refractivity contribution is -0.673. The highest BCUT2D eigenvalue weighted by Gasteiger charge is 2.24. The van der Waals surface area contributed by atoms with Gasteiger partial charge in [-0.25, -0.2) is 4.79 Å². The van der Waals surface area contributed by atoms with Gasteiger partial charge in [0.2, 0.25) is 5.69 Å². The van der Waals surface area contributed by atoms with E-state index in [2.05, 4.69) is 10.3 Å². The molecule has 21 heavy (non-hydrogen) atoms. The van der Waals surface area contributed by atoms with E-state index in [-0.39, 0.29) is 5.69 Å². The summed E-state index contributed by atoms with van der Waals surface area (Å²) in [7, 11) is 1.55. The molecule has 7 nitrogen and oxygen atoms in total. The first-order valence-electron chi connectivity index (χ1n) is 6.37. The Kier molecular flexibility index (Phi) is 3.84. The molecule has 0 amide bonds. The fourth-order valence-corrected chi connectivity index (χ4v) is 1.73. The number of aromatic nitrogens is 2. The first kappa shape index (κ1) is 14.8. The Hall–Kier alpha value is -2.57. The molecule has 0 aliphatic rings. The molecule has 1 N–H and O–H groups in total. The second kappa shape index (κ2) is 5.43. The fourth-order valence-electron chi connectivity index (χ4n) is 1.73. The van der Waals surface area contributed by atoms with Crippen molar-refractivity contribution >= 4 is 5.90 Å². The third-order valence-corrected chi connectivity index (χ3v) is 2.62. The average Bonchev–Trinajstić information content (AvgIpc) is 2.79. The van der Waals surface area contributed by atoms with Gasteiger partial charge in [-0.1, -0.05) is 0 Å². The fraction of sp³-hybridized carbons (Fsp3) is 0.357. The van der Waals surface area contributed by atoms with E-state index in [1.807, 2.05) is 0 Å². The minimum atomic E-state index is -0.760. The zero-order chi connectivity index (χ0) is 15.6. The van der Waals surface area contributed by atoms with Gasteiger partial charge in [0.05, 0.1) is 18.5 Å². The van der Waals surface area contributed by atoms with Crippen molar-refractivity contribution < 1.29 is 19.0 Å². The second-order valence-corrected chi connectivity index (χ2v) is 5.45. The van der Waals surface area contributed by atoms with E-state index in [1.165, 1.54) is 4.68 Å². The van der Waals surface area contributed by atoms with Crippen LogP contribution in [0.1, 0.15) is 26.5 Å². The molecule has 0 radical (unpaired) electrons. The number of ether oxygens (including phenoxy) is 1. The van der Waals surface area contributed by atoms with Gasteiger partial charge in [0.15, 0.2) is 0 Å². The monoisotopic (exact) mass is 291 g/mol. The molecule has 0 aliphatic heterocycles. The number of benzene rings is 1. The van der Waals surface area contributed by atoms with Crippen molar-refractivity contribution in [2.75, 3.05) is 7.11 Å². The Morgan fingerprint density at radius 3 is 2.48 bits per heavy atom. The van der Waals surface area contributed by atoms with E-state index < -0.39 is 17.1 Å². The van der Waals surface area contributed by atoms with Crippen LogP contribution in [0.3, 0.4) is 0 Å². The Morgan fingerprint density at radius 2 is 1.95 bits per heavy atom. The Labute approximate surface area is 121 Å². The normalized spacial score (nSPS) is 12.5. The molecule has 1 aromatic carbocycles. The molecule has 1 aromatic heterocycles. The lowest BCUT2D eigenvalue weighted by atomic mass is 10.1. The average molecular weight is 291 g/mol. The third-order valence-electron chi connectivity index (χ3n) is 2.62. The van der Waals surface area contributed by atoms with Gasteiger partial charge in [0, 0.05) is 12.1 Å². The summed E-state index contributed by atoms with van der Waals surface area (Å²) in [6, 6.07) is 6.81. The van der Waals surface area contributed by atoms with Gasteiger partial charge in [-0.3, -0.25) is 9.52 Å². The summed E-state index contributed by atoms with van der Waals surface area (Å²) >= 11 is 0. The van der Waals surface area contributed by atoms with E-state index in [4.69, 9.17) is 9.26 Å². The van der Waals surface area contributed by atoms with Crippen molar-refractivity contribution in [3.63, 3.8) is 0 Å². The van der Waals surface area contributed by atoms with Crippen LogP contribution < -0.4 is 20.2 Å². The third kappa shape index (κ3) is 3.31. The standard InChI is InChI=1S/C14H17N3O4/c1-14(2,3)15-12(18)11-13(19)21-16-17(11)9-5-7-10(20-4)8-6-9/h5-8H,1-4H3,(H-,15,16,18,19). The van der Waals surface area contributed by atoms with E-state index >= 15 is 0 Å². The maximum absolute atomic E-state index is 12.2. The van der Waals surface area contributed by atoms with E-state index in [0.29, 0.717) is 11.4 Å². The summed E-state index contributed by atoms with van der Waals surface area (Å²) in [5, 5.41) is 14.6. The van der Waals surface area contributed by atoms with Crippen LogP contribution in [0.4, 0.5) is 0 Å². The van der Waals surface area contributed by atoms with Crippen LogP contribution in [0, 0.1) is 0 Å². The van der Waals surface area contributed by atoms with Gasteiger partial charge < -0.3 is 9.84 Å². The van der Waals surface area contributed by atoms with Crippen LogP contribution in [-0.2, 0) is 0 Å². The largest absolute Gasteiger partial charge is 0.854 e. The van der Waals surface area contributed by atoms with Gasteiger partial charge >= 0.3 is 11.3 Å². The predicted molar refractivity (Wildman–Crippen MR) is 73.7 cm³/mol. The molecule has 112 valence electrons. The SMILES string of the molecule is COc1ccc(-[n+]2[nH]oc(=O)c2C([O-])=NC(C)(C)C)cc1. The summed E-state index contributed by atoms with van der Waals surface area (Å²) < 4.78 is 11.0. The maximum Gasteiger partial charge on any atom is 0.436 e. The summed E-state index contributed by atoms with van der Waals surface area (Å²) in [6.45, 7) is 5.32. The number of methoxy groups -OCH3 is 1. The Morgan fingerprint density at radius 1 is 1.33 bits per heavy atom. The van der Waals surface area contributed by atoms with Crippen molar-refractivity contribution in [1.82, 2.24) is 5.27 Å². The first-order valence-corrected chi connectivity index (χ1v) is 6.37. The molecule has 2 rings (SSSR count). The van der Waals surface area contributed by atoms with Gasteiger partial charge in [-0.2, -0.15) is 0 Å². The Balaban J connectivity index is 2.52. The lowest BCUT2D eigenvalue weighted by Gasteiger charge is -2.15. The van der Waals surface area contributed by atoms with Crippen LogP contribution >= 0.6 is 0 Å². The van der Waals surface area contributed by atoms with Crippen LogP contribution in [0.25, 0.3) is 5.69 Å². The smallest absolute Gasteiger partial charge is 0.436 e. The molecule has 0 saturated carbocycles. The molecule has 0 spiro atoms. The molecule has 2 aromatic rings. The van der Waals surface area contributed by atoms with Crippen molar-refractivity contribution in [2.24, 2.45) is 4.99 Å². The number of H-pyrrole nitrogens is 1. The zero-order valence-electron chi connectivity index (χ0n) is 12.3. The second-order valence-electron chi connectivity index (χ2n) is 5.45. The van der Waals surface area contributed by atoms with Gasteiger partial charge in [-0.05, 0) is 42.9 Å². The summed E-state index contributed by atoms with van der Waals surface area (Å²) in [4.78, 5) is 15.7. The number of hydrogen-bond donors (Lipinski definition) is 1. The highest BCUT2D eigenvalue weighted by atomic mass is 16.5. The minimum Gasteiger partial charge on any atom is -0.854 e. The van der Waals surface area contributed by atoms with Crippen LogP contribution in [0.2, 0.25) is 0 Å². The summed E-state index contributed by atoms with van der Waals surface area (Å²) in [5.41, 5.74) is -0.952. The van der Waals surface area contributed by atoms with Crippen molar-refractivity contribution in [3.05, 3.63) is 40.4 Å². The molecular formula is C14H17N3O4. The Bertz CT molecular complexity index is 705. The van der Waals surface area contributed by atoms with Gasteiger partial charge in [0.1, 0.15) is 5.75 Å². The molecule has 0 bridgehead atoms. The summed E-state index contributed by atoms with van der Waals surface area (Å²) in [5.74, 6) is 0.0331. The number of nitrogens with zero attached hydrogens (tertiary/aromatic N) is 2. The van der Waals surface area contributed by atoms with E-state index in [1.54, 1.807) is 52.1 Å². The number of aromatic amines is 1. The molecule has 0 atom stereocenters. The van der Waals surface area contributed by atoms with Crippen LogP contribution in [0.15, 0.2) is 38.6 Å². The van der Waals surface area contributed by atoms with Crippen molar-refractivity contribution in [2.45, 2.75) is 26.3 Å². The topological polar surface area (TPSA) is 94.5 Å². The molecule has 0 aliphatic carbocycles. The minimum absolute atomic E-state index is 0.171. The highest BCUT2D eigenvalue weighted by molar-refractivity contribution is 5.86. The summed E-state index contributed by atoms with van der Waals surface area (Å²) in [6.07, 6.45) is 0. The number of nitrogens with one attached hydrogen (secondary N) is 1. The van der Waals surface area contributed by atoms with Gasteiger partial charge in [0.25, 0.3) is 0 Å². The van der Waals surface area contributed by atoms with Crippen molar-refractivity contribution in [1.29, 1.82) is 0 Å².